The van der Waals surface area contributed by atoms with Crippen molar-refractivity contribution in [3.8, 4) is 0 Å². The summed E-state index contributed by atoms with van der Waals surface area (Å²) in [7, 11) is 0. The summed E-state index contributed by atoms with van der Waals surface area (Å²) in [5, 5.41) is 7.95. The van der Waals surface area contributed by atoms with Gasteiger partial charge in [0.05, 0.1) is 17.6 Å². The lowest BCUT2D eigenvalue weighted by Crippen LogP contribution is -2.58. The lowest BCUT2D eigenvalue weighted by atomic mass is 9.73. The molecule has 4 aliphatic rings. The Kier molecular flexibility index (Phi) is 5.10. The van der Waals surface area contributed by atoms with Crippen LogP contribution in [0.3, 0.4) is 0 Å². The van der Waals surface area contributed by atoms with Gasteiger partial charge >= 0.3 is 0 Å². The Morgan fingerprint density at radius 3 is 2.97 bits per heavy atom. The third kappa shape index (κ3) is 3.47. The van der Waals surface area contributed by atoms with Crippen LogP contribution in [0.1, 0.15) is 37.3 Å². The molecule has 5 nitrogen and oxygen atoms in total. The molecule has 4 fully saturated rings. The number of benzene rings is 1. The van der Waals surface area contributed by atoms with E-state index in [1.165, 1.54) is 12.0 Å². The summed E-state index contributed by atoms with van der Waals surface area (Å²) in [6, 6.07) is 10.6. The monoisotopic (exact) mass is 390 g/mol. The highest BCUT2D eigenvalue weighted by molar-refractivity contribution is 5.85. The highest BCUT2D eigenvalue weighted by Gasteiger charge is 2.43. The van der Waals surface area contributed by atoms with Gasteiger partial charge in [-0.3, -0.25) is 14.7 Å². The Morgan fingerprint density at radius 2 is 2.21 bits per heavy atom. The van der Waals surface area contributed by atoms with E-state index < -0.39 is 0 Å². The highest BCUT2D eigenvalue weighted by atomic mass is 16.2. The fourth-order valence-electron chi connectivity index (χ4n) is 5.66. The smallest absolute Gasteiger partial charge is 0.237 e. The number of piperidine rings is 3. The van der Waals surface area contributed by atoms with Gasteiger partial charge in [0, 0.05) is 24.2 Å². The second kappa shape index (κ2) is 7.88. The van der Waals surface area contributed by atoms with E-state index in [2.05, 4.69) is 57.4 Å². The minimum absolute atomic E-state index is 0.0219. The fraction of sp³-hybridized carbons (Fsp3) is 0.500. The molecule has 0 spiro atoms. The second-order valence-corrected chi connectivity index (χ2v) is 8.80. The van der Waals surface area contributed by atoms with E-state index in [4.69, 9.17) is 0 Å². The molecule has 1 amide bonds. The van der Waals surface area contributed by atoms with Gasteiger partial charge in [0.2, 0.25) is 5.91 Å². The zero-order valence-corrected chi connectivity index (χ0v) is 16.9. The van der Waals surface area contributed by atoms with Gasteiger partial charge in [0.1, 0.15) is 0 Å². The van der Waals surface area contributed by atoms with Crippen molar-refractivity contribution in [2.75, 3.05) is 19.6 Å². The molecule has 6 rings (SSSR count). The summed E-state index contributed by atoms with van der Waals surface area (Å²) in [6.45, 7) is 7.15. The fourth-order valence-corrected chi connectivity index (χ4v) is 5.66. The average molecular weight is 391 g/mol. The number of hydrogen-bond donors (Lipinski definition) is 2. The van der Waals surface area contributed by atoms with E-state index in [0.717, 1.165) is 49.8 Å². The molecule has 5 heteroatoms. The number of carbonyl (C=O) groups is 1. The number of nitrogens with zero attached hydrogens (tertiary/aromatic N) is 2. The predicted octanol–water partition coefficient (Wildman–Crippen LogP) is 3.04. The van der Waals surface area contributed by atoms with Crippen LogP contribution < -0.4 is 10.6 Å². The first kappa shape index (κ1) is 18.8. The van der Waals surface area contributed by atoms with Gasteiger partial charge < -0.3 is 10.6 Å². The van der Waals surface area contributed by atoms with E-state index in [-0.39, 0.29) is 18.0 Å². The molecule has 0 aliphatic carbocycles. The first-order valence-electron chi connectivity index (χ1n) is 11.0. The van der Waals surface area contributed by atoms with Crippen LogP contribution in [0.4, 0.5) is 0 Å². The third-order valence-electron chi connectivity index (χ3n) is 7.23. The van der Waals surface area contributed by atoms with E-state index in [1.54, 1.807) is 0 Å². The summed E-state index contributed by atoms with van der Waals surface area (Å²) in [5.41, 5.74) is 2.18. The first-order chi connectivity index (χ1) is 14.2. The summed E-state index contributed by atoms with van der Waals surface area (Å²) >= 11 is 0. The third-order valence-corrected chi connectivity index (χ3v) is 7.23. The quantitative estimate of drug-likeness (QED) is 0.771. The molecule has 1 aromatic carbocycles. The molecule has 4 aliphatic heterocycles. The van der Waals surface area contributed by atoms with Gasteiger partial charge in [-0.25, -0.2) is 0 Å². The molecule has 0 saturated carbocycles. The Bertz CT molecular complexity index is 901. The SMILES string of the molecule is C=C[C@H]1CN2CC[C@H]1C[C@H]2C(NC(=O)[C@@H]1CCCN1)c1ccnc2ccccc12. The Morgan fingerprint density at radius 1 is 1.31 bits per heavy atom. The lowest BCUT2D eigenvalue weighted by Gasteiger charge is -2.51. The molecule has 5 heterocycles. The van der Waals surface area contributed by atoms with Gasteiger partial charge in [-0.15, -0.1) is 6.58 Å². The molecule has 29 heavy (non-hydrogen) atoms. The predicted molar refractivity (Wildman–Crippen MR) is 115 cm³/mol. The highest BCUT2D eigenvalue weighted by Crippen LogP contribution is 2.42. The number of pyridine rings is 1. The van der Waals surface area contributed by atoms with Crippen molar-refractivity contribution in [2.45, 2.75) is 43.8 Å². The van der Waals surface area contributed by atoms with E-state index in [9.17, 15) is 4.79 Å². The minimum Gasteiger partial charge on any atom is -0.346 e. The van der Waals surface area contributed by atoms with Crippen molar-refractivity contribution in [3.63, 3.8) is 0 Å². The van der Waals surface area contributed by atoms with Crippen molar-refractivity contribution >= 4 is 16.8 Å². The molecule has 2 N–H and O–H groups in total. The van der Waals surface area contributed by atoms with Crippen LogP contribution >= 0.6 is 0 Å². The van der Waals surface area contributed by atoms with Gasteiger partial charge in [0.15, 0.2) is 0 Å². The molecule has 2 unspecified atom stereocenters. The number of amides is 1. The maximum Gasteiger partial charge on any atom is 0.237 e. The molecular weight excluding hydrogens is 360 g/mol. The van der Waals surface area contributed by atoms with E-state index >= 15 is 0 Å². The van der Waals surface area contributed by atoms with Crippen LogP contribution in [-0.2, 0) is 4.79 Å². The van der Waals surface area contributed by atoms with Crippen LogP contribution in [-0.4, -0.2) is 47.5 Å². The molecule has 152 valence electrons. The standard InChI is InChI=1S/C24H30N4O/c1-2-16-15-28-13-10-17(16)14-22(28)23(27-24(29)21-8-5-11-25-21)19-9-12-26-20-7-4-3-6-18(19)20/h2-4,6-7,9,12,16-17,21-23,25H,1,5,8,10-11,13-15H2,(H,27,29)/t16-,17-,21-,22-,23?/m0/s1. The van der Waals surface area contributed by atoms with Gasteiger partial charge in [-0.2, -0.15) is 0 Å². The largest absolute Gasteiger partial charge is 0.346 e. The number of hydrogen-bond acceptors (Lipinski definition) is 4. The number of aromatic nitrogens is 1. The zero-order chi connectivity index (χ0) is 19.8. The maximum absolute atomic E-state index is 13.1. The van der Waals surface area contributed by atoms with Crippen LogP contribution in [0.2, 0.25) is 0 Å². The van der Waals surface area contributed by atoms with Crippen molar-refractivity contribution in [2.24, 2.45) is 11.8 Å². The van der Waals surface area contributed by atoms with Crippen LogP contribution in [0.5, 0.6) is 0 Å². The minimum atomic E-state index is -0.0673. The maximum atomic E-state index is 13.1. The molecule has 4 saturated heterocycles. The summed E-state index contributed by atoms with van der Waals surface area (Å²) in [5.74, 6) is 1.37. The number of nitrogens with one attached hydrogen (secondary N) is 2. The summed E-state index contributed by atoms with van der Waals surface area (Å²) in [4.78, 5) is 20.2. The first-order valence-corrected chi connectivity index (χ1v) is 11.0. The summed E-state index contributed by atoms with van der Waals surface area (Å²) < 4.78 is 0. The number of para-hydroxylation sites is 1. The van der Waals surface area contributed by atoms with E-state index in [0.29, 0.717) is 17.9 Å². The Balaban J connectivity index is 1.51. The van der Waals surface area contributed by atoms with Crippen molar-refractivity contribution in [1.82, 2.24) is 20.5 Å². The number of carbonyl (C=O) groups excluding carboxylic acids is 1. The Hall–Kier alpha value is -2.24. The van der Waals surface area contributed by atoms with Crippen molar-refractivity contribution in [3.05, 3.63) is 54.7 Å². The number of rotatable bonds is 5. The zero-order valence-electron chi connectivity index (χ0n) is 16.9. The molecular formula is C24H30N4O. The molecule has 2 aromatic rings. The van der Waals surface area contributed by atoms with Crippen LogP contribution in [0, 0.1) is 11.8 Å². The lowest BCUT2D eigenvalue weighted by molar-refractivity contribution is -0.124. The Labute approximate surface area is 172 Å². The van der Waals surface area contributed by atoms with Gasteiger partial charge in [0.25, 0.3) is 0 Å². The van der Waals surface area contributed by atoms with Gasteiger partial charge in [-0.1, -0.05) is 24.3 Å². The molecule has 0 radical (unpaired) electrons. The van der Waals surface area contributed by atoms with Crippen molar-refractivity contribution < 1.29 is 4.79 Å². The molecule has 1 aromatic heterocycles. The van der Waals surface area contributed by atoms with E-state index in [1.807, 2.05) is 12.3 Å². The van der Waals surface area contributed by atoms with Crippen LogP contribution in [0.15, 0.2) is 49.2 Å². The van der Waals surface area contributed by atoms with Crippen molar-refractivity contribution in [1.29, 1.82) is 0 Å². The van der Waals surface area contributed by atoms with Crippen LogP contribution in [0.25, 0.3) is 10.9 Å². The van der Waals surface area contributed by atoms with Gasteiger partial charge in [-0.05, 0) is 68.3 Å². The normalized spacial score (nSPS) is 32.2. The molecule has 2 bridgehead atoms. The average Bonchev–Trinajstić information content (AvgIpc) is 3.32. The second-order valence-electron chi connectivity index (χ2n) is 8.80. The summed E-state index contributed by atoms with van der Waals surface area (Å²) in [6.07, 6.45) is 8.34. The topological polar surface area (TPSA) is 57.3 Å². The molecule has 6 atom stereocenters. The number of fused-ring (bicyclic) bond motifs is 4.